The smallest absolute Gasteiger partial charge is 0.312 e. The Bertz CT molecular complexity index is 562. The number of aliphatic carboxylic acids is 1. The molecule has 1 heterocycles. The largest absolute Gasteiger partial charge is 0.481 e. The molecule has 0 aliphatic rings. The van der Waals surface area contributed by atoms with E-state index in [1.54, 1.807) is 26.1 Å². The summed E-state index contributed by atoms with van der Waals surface area (Å²) in [4.78, 5) is 10.9. The molecule has 0 fully saturated rings. The van der Waals surface area contributed by atoms with Crippen molar-refractivity contribution in [3.8, 4) is 0 Å². The molecule has 4 nitrogen and oxygen atoms in total. The number of hydrogen-bond donors (Lipinski definition) is 1. The number of carbonyl (C=O) groups is 1. The molecular formula is C11H11FN2O2. The SMILES string of the molecule is CC(C(=O)O)c1c2cccc(F)c2nn1C. The number of carboxylic acid groups (broad SMARTS) is 1. The highest BCUT2D eigenvalue weighted by molar-refractivity contribution is 5.87. The summed E-state index contributed by atoms with van der Waals surface area (Å²) in [6, 6.07) is 4.54. The van der Waals surface area contributed by atoms with Crippen LogP contribution in [-0.4, -0.2) is 20.9 Å². The van der Waals surface area contributed by atoms with Crippen molar-refractivity contribution in [2.24, 2.45) is 7.05 Å². The fourth-order valence-corrected chi connectivity index (χ4v) is 1.83. The Labute approximate surface area is 91.3 Å². The molecule has 1 aromatic heterocycles. The van der Waals surface area contributed by atoms with Crippen molar-refractivity contribution in [2.45, 2.75) is 12.8 Å². The van der Waals surface area contributed by atoms with Gasteiger partial charge in [0.05, 0.1) is 11.6 Å². The first kappa shape index (κ1) is 10.6. The summed E-state index contributed by atoms with van der Waals surface area (Å²) in [7, 11) is 1.62. The van der Waals surface area contributed by atoms with Crippen molar-refractivity contribution < 1.29 is 14.3 Å². The van der Waals surface area contributed by atoms with E-state index < -0.39 is 17.7 Å². The number of nitrogens with zero attached hydrogens (tertiary/aromatic N) is 2. The molecule has 0 aliphatic carbocycles. The van der Waals surface area contributed by atoms with Crippen molar-refractivity contribution >= 4 is 16.9 Å². The fourth-order valence-electron chi connectivity index (χ4n) is 1.83. The van der Waals surface area contributed by atoms with E-state index >= 15 is 0 Å². The van der Waals surface area contributed by atoms with E-state index in [0.717, 1.165) is 0 Å². The Morgan fingerprint density at radius 3 is 2.88 bits per heavy atom. The third-order valence-corrected chi connectivity index (χ3v) is 2.64. The first-order valence-electron chi connectivity index (χ1n) is 4.86. The lowest BCUT2D eigenvalue weighted by molar-refractivity contribution is -0.138. The third kappa shape index (κ3) is 1.44. The highest BCUT2D eigenvalue weighted by Gasteiger charge is 2.22. The molecular weight excluding hydrogens is 211 g/mol. The van der Waals surface area contributed by atoms with Gasteiger partial charge in [0.25, 0.3) is 0 Å². The maximum atomic E-state index is 13.4. The number of rotatable bonds is 2. The van der Waals surface area contributed by atoms with Gasteiger partial charge in [0.2, 0.25) is 0 Å². The molecule has 16 heavy (non-hydrogen) atoms. The van der Waals surface area contributed by atoms with E-state index in [1.165, 1.54) is 10.7 Å². The van der Waals surface area contributed by atoms with Crippen LogP contribution in [0, 0.1) is 5.82 Å². The molecule has 5 heteroatoms. The van der Waals surface area contributed by atoms with E-state index in [9.17, 15) is 9.18 Å². The zero-order valence-corrected chi connectivity index (χ0v) is 8.94. The zero-order valence-electron chi connectivity index (χ0n) is 8.94. The molecule has 2 aromatic rings. The van der Waals surface area contributed by atoms with E-state index in [-0.39, 0.29) is 5.52 Å². The second-order valence-electron chi connectivity index (χ2n) is 3.70. The summed E-state index contributed by atoms with van der Waals surface area (Å²) in [6.07, 6.45) is 0. The summed E-state index contributed by atoms with van der Waals surface area (Å²) in [6.45, 7) is 1.56. The highest BCUT2D eigenvalue weighted by Crippen LogP contribution is 2.26. The summed E-state index contributed by atoms with van der Waals surface area (Å²) in [5, 5.41) is 13.5. The number of hydrogen-bond acceptors (Lipinski definition) is 2. The number of aryl methyl sites for hydroxylation is 1. The van der Waals surface area contributed by atoms with Crippen LogP contribution in [0.2, 0.25) is 0 Å². The average molecular weight is 222 g/mol. The summed E-state index contributed by atoms with van der Waals surface area (Å²) >= 11 is 0. The summed E-state index contributed by atoms with van der Waals surface area (Å²) < 4.78 is 14.8. The second kappa shape index (κ2) is 3.59. The Morgan fingerprint density at radius 1 is 1.56 bits per heavy atom. The topological polar surface area (TPSA) is 55.1 Å². The van der Waals surface area contributed by atoms with Crippen LogP contribution < -0.4 is 0 Å². The first-order valence-corrected chi connectivity index (χ1v) is 4.86. The van der Waals surface area contributed by atoms with Gasteiger partial charge in [-0.1, -0.05) is 12.1 Å². The van der Waals surface area contributed by atoms with Gasteiger partial charge in [-0.15, -0.1) is 0 Å². The zero-order chi connectivity index (χ0) is 11.9. The van der Waals surface area contributed by atoms with Gasteiger partial charge in [0, 0.05) is 12.4 Å². The molecule has 0 aliphatic heterocycles. The van der Waals surface area contributed by atoms with E-state index in [2.05, 4.69) is 5.10 Å². The predicted octanol–water partition coefficient (Wildman–Crippen LogP) is 1.90. The molecule has 1 N–H and O–H groups in total. The second-order valence-corrected chi connectivity index (χ2v) is 3.70. The molecule has 84 valence electrons. The molecule has 1 atom stereocenters. The Kier molecular flexibility index (Phi) is 2.38. The number of aromatic nitrogens is 2. The normalized spacial score (nSPS) is 12.9. The lowest BCUT2D eigenvalue weighted by Gasteiger charge is -2.06. The standard InChI is InChI=1S/C11H11FN2O2/c1-6(11(15)16)10-7-4-3-5-8(12)9(7)13-14(10)2/h3-6H,1-2H3,(H,15,16). The molecule has 0 saturated heterocycles. The van der Waals surface area contributed by atoms with Crippen molar-refractivity contribution in [2.75, 3.05) is 0 Å². The minimum atomic E-state index is -0.950. The van der Waals surface area contributed by atoms with Crippen molar-refractivity contribution in [3.05, 3.63) is 29.7 Å². The fraction of sp³-hybridized carbons (Fsp3) is 0.273. The maximum Gasteiger partial charge on any atom is 0.312 e. The lowest BCUT2D eigenvalue weighted by atomic mass is 10.0. The van der Waals surface area contributed by atoms with Gasteiger partial charge in [-0.25, -0.2) is 4.39 Å². The molecule has 0 bridgehead atoms. The molecule has 0 saturated carbocycles. The number of halogens is 1. The highest BCUT2D eigenvalue weighted by atomic mass is 19.1. The van der Waals surface area contributed by atoms with Crippen LogP contribution in [0.5, 0.6) is 0 Å². The summed E-state index contributed by atoms with van der Waals surface area (Å²) in [5.41, 5.74) is 0.732. The molecule has 0 radical (unpaired) electrons. The van der Waals surface area contributed by atoms with Crippen LogP contribution in [0.15, 0.2) is 18.2 Å². The van der Waals surface area contributed by atoms with Crippen molar-refractivity contribution in [1.82, 2.24) is 9.78 Å². The number of carboxylic acids is 1. The van der Waals surface area contributed by atoms with Gasteiger partial charge in [-0.05, 0) is 13.0 Å². The first-order chi connectivity index (χ1) is 7.52. The average Bonchev–Trinajstić information content (AvgIpc) is 2.55. The maximum absolute atomic E-state index is 13.4. The molecule has 1 unspecified atom stereocenters. The van der Waals surface area contributed by atoms with Crippen LogP contribution >= 0.6 is 0 Å². The minimum Gasteiger partial charge on any atom is -0.481 e. The van der Waals surface area contributed by atoms with E-state index in [1.807, 2.05) is 0 Å². The van der Waals surface area contributed by atoms with Crippen LogP contribution in [0.4, 0.5) is 4.39 Å². The van der Waals surface area contributed by atoms with Crippen molar-refractivity contribution in [3.63, 3.8) is 0 Å². The number of fused-ring (bicyclic) bond motifs is 1. The predicted molar refractivity (Wildman–Crippen MR) is 56.7 cm³/mol. The van der Waals surface area contributed by atoms with Crippen LogP contribution in [0.25, 0.3) is 10.9 Å². The molecule has 2 rings (SSSR count). The molecule has 0 spiro atoms. The molecule has 1 aromatic carbocycles. The third-order valence-electron chi connectivity index (χ3n) is 2.64. The Morgan fingerprint density at radius 2 is 2.25 bits per heavy atom. The van der Waals surface area contributed by atoms with Crippen LogP contribution in [0.1, 0.15) is 18.5 Å². The van der Waals surface area contributed by atoms with Crippen LogP contribution in [0.3, 0.4) is 0 Å². The van der Waals surface area contributed by atoms with E-state index in [4.69, 9.17) is 5.11 Å². The van der Waals surface area contributed by atoms with Gasteiger partial charge < -0.3 is 5.11 Å². The monoisotopic (exact) mass is 222 g/mol. The van der Waals surface area contributed by atoms with Gasteiger partial charge in [-0.3, -0.25) is 9.48 Å². The quantitative estimate of drug-likeness (QED) is 0.844. The van der Waals surface area contributed by atoms with Gasteiger partial charge in [-0.2, -0.15) is 5.10 Å². The minimum absolute atomic E-state index is 0.216. The Hall–Kier alpha value is -1.91. The van der Waals surface area contributed by atoms with Gasteiger partial charge in [0.15, 0.2) is 5.82 Å². The number of benzene rings is 1. The van der Waals surface area contributed by atoms with Gasteiger partial charge >= 0.3 is 5.97 Å². The van der Waals surface area contributed by atoms with Crippen molar-refractivity contribution in [1.29, 1.82) is 0 Å². The van der Waals surface area contributed by atoms with Crippen LogP contribution in [-0.2, 0) is 11.8 Å². The van der Waals surface area contributed by atoms with E-state index in [0.29, 0.717) is 11.1 Å². The summed E-state index contributed by atoms with van der Waals surface area (Å²) in [5.74, 6) is -2.09. The van der Waals surface area contributed by atoms with Gasteiger partial charge in [0.1, 0.15) is 5.52 Å². The Balaban J connectivity index is 2.74. The lowest BCUT2D eigenvalue weighted by Crippen LogP contribution is -2.12. The molecule has 0 amide bonds.